The van der Waals surface area contributed by atoms with Crippen LogP contribution in [0.1, 0.15) is 37.7 Å². The number of aryl methyl sites for hydroxylation is 1. The molecule has 1 saturated carbocycles. The van der Waals surface area contributed by atoms with E-state index in [0.29, 0.717) is 11.5 Å². The summed E-state index contributed by atoms with van der Waals surface area (Å²) in [7, 11) is 0. The summed E-state index contributed by atoms with van der Waals surface area (Å²) in [5.74, 6) is -0.0655. The lowest BCUT2D eigenvalue weighted by molar-refractivity contribution is -0.00940. The molecule has 2 aliphatic rings. The number of hydrogen-bond donors (Lipinski definition) is 2. The molecule has 2 unspecified atom stereocenters. The highest BCUT2D eigenvalue weighted by Gasteiger charge is 2.38. The summed E-state index contributed by atoms with van der Waals surface area (Å²) < 4.78 is 19.8. The highest BCUT2D eigenvalue weighted by Crippen LogP contribution is 2.37. The Kier molecular flexibility index (Phi) is 5.07. The SMILES string of the molecule is Cc1cc(F)c(NC(=O)NC(C2CC2)C2CCCCO2)c(Cl)c1. The number of amides is 2. The van der Waals surface area contributed by atoms with Crippen molar-refractivity contribution >= 4 is 23.3 Å². The van der Waals surface area contributed by atoms with Crippen LogP contribution in [0.25, 0.3) is 0 Å². The molecule has 1 heterocycles. The van der Waals surface area contributed by atoms with Gasteiger partial charge in [-0.2, -0.15) is 0 Å². The van der Waals surface area contributed by atoms with Gasteiger partial charge in [0.1, 0.15) is 5.82 Å². The van der Waals surface area contributed by atoms with E-state index in [0.717, 1.165) is 38.7 Å². The van der Waals surface area contributed by atoms with Gasteiger partial charge >= 0.3 is 6.03 Å². The zero-order chi connectivity index (χ0) is 16.4. The molecule has 3 rings (SSSR count). The summed E-state index contributed by atoms with van der Waals surface area (Å²) in [5, 5.41) is 5.71. The van der Waals surface area contributed by atoms with Gasteiger partial charge in [-0.15, -0.1) is 0 Å². The lowest BCUT2D eigenvalue weighted by atomic mass is 9.98. The fraction of sp³-hybridized carbons (Fsp3) is 0.588. The second-order valence-electron chi connectivity index (χ2n) is 6.47. The molecule has 1 aliphatic carbocycles. The lowest BCUT2D eigenvalue weighted by Crippen LogP contribution is -2.48. The van der Waals surface area contributed by atoms with Gasteiger partial charge in [-0.25, -0.2) is 9.18 Å². The first kappa shape index (κ1) is 16.5. The minimum absolute atomic E-state index is 0.0115. The summed E-state index contributed by atoms with van der Waals surface area (Å²) in [4.78, 5) is 12.3. The van der Waals surface area contributed by atoms with Crippen molar-refractivity contribution in [3.63, 3.8) is 0 Å². The van der Waals surface area contributed by atoms with Gasteiger partial charge in [0, 0.05) is 6.61 Å². The van der Waals surface area contributed by atoms with Gasteiger partial charge in [-0.05, 0) is 62.6 Å². The normalized spacial score (nSPS) is 22.5. The van der Waals surface area contributed by atoms with E-state index in [1.165, 1.54) is 6.07 Å². The Labute approximate surface area is 140 Å². The largest absolute Gasteiger partial charge is 0.376 e. The summed E-state index contributed by atoms with van der Waals surface area (Å²) in [6.07, 6.45) is 5.41. The van der Waals surface area contributed by atoms with Crippen molar-refractivity contribution in [3.8, 4) is 0 Å². The van der Waals surface area contributed by atoms with Crippen LogP contribution in [0.4, 0.5) is 14.9 Å². The third-order valence-electron chi connectivity index (χ3n) is 4.47. The first-order chi connectivity index (χ1) is 11.0. The second kappa shape index (κ2) is 7.05. The van der Waals surface area contributed by atoms with Gasteiger partial charge in [0.05, 0.1) is 22.9 Å². The standard InChI is InChI=1S/C17H22ClFN2O2/c1-10-8-12(18)16(13(19)9-10)21-17(22)20-15(11-5-6-11)14-4-2-3-7-23-14/h8-9,11,14-15H,2-7H2,1H3,(H2,20,21,22). The molecule has 0 aromatic heterocycles. The maximum absolute atomic E-state index is 14.0. The zero-order valence-electron chi connectivity index (χ0n) is 13.2. The highest BCUT2D eigenvalue weighted by molar-refractivity contribution is 6.33. The quantitative estimate of drug-likeness (QED) is 0.860. The van der Waals surface area contributed by atoms with E-state index in [-0.39, 0.29) is 22.9 Å². The summed E-state index contributed by atoms with van der Waals surface area (Å²) in [6.45, 7) is 2.50. The van der Waals surface area contributed by atoms with E-state index >= 15 is 0 Å². The van der Waals surface area contributed by atoms with Crippen LogP contribution in [-0.4, -0.2) is 24.8 Å². The van der Waals surface area contributed by atoms with Gasteiger partial charge in [-0.1, -0.05) is 11.6 Å². The van der Waals surface area contributed by atoms with Crippen molar-refractivity contribution in [2.45, 2.75) is 51.2 Å². The van der Waals surface area contributed by atoms with Crippen molar-refractivity contribution in [1.29, 1.82) is 0 Å². The smallest absolute Gasteiger partial charge is 0.319 e. The molecule has 6 heteroatoms. The summed E-state index contributed by atoms with van der Waals surface area (Å²) in [6, 6.07) is 2.54. The Morgan fingerprint density at radius 1 is 1.35 bits per heavy atom. The van der Waals surface area contributed by atoms with Crippen LogP contribution in [-0.2, 0) is 4.74 Å². The number of anilines is 1. The predicted molar refractivity (Wildman–Crippen MR) is 88.4 cm³/mol. The van der Waals surface area contributed by atoms with Crippen LogP contribution < -0.4 is 10.6 Å². The van der Waals surface area contributed by atoms with E-state index in [2.05, 4.69) is 10.6 Å². The first-order valence-electron chi connectivity index (χ1n) is 8.19. The molecule has 1 aromatic carbocycles. The molecule has 126 valence electrons. The van der Waals surface area contributed by atoms with Crippen LogP contribution in [0, 0.1) is 18.7 Å². The molecule has 1 saturated heterocycles. The summed E-state index contributed by atoms with van der Waals surface area (Å²) >= 11 is 6.03. The van der Waals surface area contributed by atoms with E-state index in [1.54, 1.807) is 13.0 Å². The van der Waals surface area contributed by atoms with Crippen molar-refractivity contribution in [2.75, 3.05) is 11.9 Å². The second-order valence-corrected chi connectivity index (χ2v) is 6.88. The predicted octanol–water partition coefficient (Wildman–Crippen LogP) is 4.26. The Bertz CT molecular complexity index is 563. The molecule has 23 heavy (non-hydrogen) atoms. The van der Waals surface area contributed by atoms with Crippen LogP contribution in [0.3, 0.4) is 0 Å². The molecule has 2 fully saturated rings. The number of nitrogens with one attached hydrogen (secondary N) is 2. The number of benzene rings is 1. The maximum atomic E-state index is 14.0. The topological polar surface area (TPSA) is 50.4 Å². The number of urea groups is 1. The molecule has 0 bridgehead atoms. The van der Waals surface area contributed by atoms with E-state index < -0.39 is 11.8 Å². The molecule has 2 N–H and O–H groups in total. The van der Waals surface area contributed by atoms with Gasteiger partial charge < -0.3 is 15.4 Å². The van der Waals surface area contributed by atoms with Crippen molar-refractivity contribution in [3.05, 3.63) is 28.5 Å². The average Bonchev–Trinajstić information content (AvgIpc) is 3.34. The fourth-order valence-electron chi connectivity index (χ4n) is 3.14. The van der Waals surface area contributed by atoms with E-state index in [1.807, 2.05) is 0 Å². The summed E-state index contributed by atoms with van der Waals surface area (Å²) in [5.41, 5.74) is 0.735. The first-order valence-corrected chi connectivity index (χ1v) is 8.57. The van der Waals surface area contributed by atoms with Crippen LogP contribution in [0.2, 0.25) is 5.02 Å². The molecular weight excluding hydrogens is 319 g/mol. The van der Waals surface area contributed by atoms with E-state index in [9.17, 15) is 9.18 Å². The van der Waals surface area contributed by atoms with Gasteiger partial charge in [0.15, 0.2) is 0 Å². The Balaban J connectivity index is 1.65. The van der Waals surface area contributed by atoms with Crippen molar-refractivity contribution in [2.24, 2.45) is 5.92 Å². The number of carbonyl (C=O) groups is 1. The van der Waals surface area contributed by atoms with E-state index in [4.69, 9.17) is 16.3 Å². The number of hydrogen-bond acceptors (Lipinski definition) is 2. The third-order valence-corrected chi connectivity index (χ3v) is 4.77. The maximum Gasteiger partial charge on any atom is 0.319 e. The fourth-order valence-corrected chi connectivity index (χ4v) is 3.45. The molecular formula is C17H22ClFN2O2. The van der Waals surface area contributed by atoms with Gasteiger partial charge in [0.25, 0.3) is 0 Å². The van der Waals surface area contributed by atoms with Crippen molar-refractivity contribution in [1.82, 2.24) is 5.32 Å². The monoisotopic (exact) mass is 340 g/mol. The number of rotatable bonds is 4. The molecule has 0 spiro atoms. The Hall–Kier alpha value is -1.33. The van der Waals surface area contributed by atoms with Crippen LogP contribution >= 0.6 is 11.6 Å². The molecule has 2 amide bonds. The lowest BCUT2D eigenvalue weighted by Gasteiger charge is -2.31. The number of halogens is 2. The number of carbonyl (C=O) groups excluding carboxylic acids is 1. The molecule has 2 atom stereocenters. The van der Waals surface area contributed by atoms with Gasteiger partial charge in [0.2, 0.25) is 0 Å². The Morgan fingerprint density at radius 3 is 2.74 bits per heavy atom. The average molecular weight is 341 g/mol. The zero-order valence-corrected chi connectivity index (χ0v) is 14.0. The van der Waals surface area contributed by atoms with Gasteiger partial charge in [-0.3, -0.25) is 0 Å². The molecule has 1 aromatic rings. The van der Waals surface area contributed by atoms with Crippen LogP contribution in [0.5, 0.6) is 0 Å². The minimum Gasteiger partial charge on any atom is -0.376 e. The van der Waals surface area contributed by atoms with Crippen LogP contribution in [0.15, 0.2) is 12.1 Å². The minimum atomic E-state index is -0.526. The van der Waals surface area contributed by atoms with Crippen molar-refractivity contribution < 1.29 is 13.9 Å². The highest BCUT2D eigenvalue weighted by atomic mass is 35.5. The third kappa shape index (κ3) is 4.15. The number of ether oxygens (including phenoxy) is 1. The molecule has 0 radical (unpaired) electrons. The molecule has 1 aliphatic heterocycles. The molecule has 4 nitrogen and oxygen atoms in total. The Morgan fingerprint density at radius 2 is 2.13 bits per heavy atom.